The summed E-state index contributed by atoms with van der Waals surface area (Å²) in [6, 6.07) is 6.40. The van der Waals surface area contributed by atoms with Gasteiger partial charge in [0.05, 0.1) is 20.7 Å². The fourth-order valence-corrected chi connectivity index (χ4v) is 5.41. The van der Waals surface area contributed by atoms with Gasteiger partial charge in [-0.05, 0) is 36.0 Å². The smallest absolute Gasteiger partial charge is 0.0775 e. The Morgan fingerprint density at radius 1 is 1.44 bits per heavy atom. The highest BCUT2D eigenvalue weighted by Crippen LogP contribution is 2.48. The van der Waals surface area contributed by atoms with Crippen LogP contribution in [0.25, 0.3) is 0 Å². The zero-order chi connectivity index (χ0) is 11.3. The third kappa shape index (κ3) is 1.34. The number of nitrogens with zero attached hydrogens (tertiary/aromatic N) is 1. The molecule has 86 valence electrons. The molecular weight excluding hydrogens is 218 g/mol. The molecule has 0 aliphatic carbocycles. The van der Waals surface area contributed by atoms with Crippen LogP contribution in [-0.4, -0.2) is 9.96 Å². The molecule has 2 unspecified atom stereocenters. The van der Waals surface area contributed by atoms with Crippen LogP contribution in [0, 0.1) is 0 Å². The molecule has 16 heavy (non-hydrogen) atoms. The number of fused-ring (bicyclic) bond motifs is 3. The number of hydrogen-bond donors (Lipinski definition) is 0. The van der Waals surface area contributed by atoms with Gasteiger partial charge in [-0.2, -0.15) is 4.36 Å². The van der Waals surface area contributed by atoms with Gasteiger partial charge in [-0.1, -0.05) is 26.0 Å². The Balaban J connectivity index is 2.14. The Labute approximate surface area is 97.3 Å². The van der Waals surface area contributed by atoms with Crippen molar-refractivity contribution in [2.45, 2.75) is 37.9 Å². The minimum atomic E-state index is -1.94. The molecule has 1 saturated heterocycles. The maximum absolute atomic E-state index is 12.5. The average Bonchev–Trinajstić information content (AvgIpc) is 2.70. The number of benzene rings is 1. The van der Waals surface area contributed by atoms with E-state index in [0.29, 0.717) is 5.92 Å². The van der Waals surface area contributed by atoms with Gasteiger partial charge in [0.15, 0.2) is 0 Å². The van der Waals surface area contributed by atoms with Gasteiger partial charge in [0.2, 0.25) is 0 Å². The van der Waals surface area contributed by atoms with Crippen LogP contribution in [0.4, 0.5) is 5.69 Å². The first-order valence-corrected chi connectivity index (χ1v) is 7.72. The zero-order valence-electron chi connectivity index (χ0n) is 9.77. The zero-order valence-corrected chi connectivity index (χ0v) is 10.6. The Morgan fingerprint density at radius 3 is 3.00 bits per heavy atom. The molecule has 0 bridgehead atoms. The average molecular weight is 235 g/mol. The van der Waals surface area contributed by atoms with Crippen LogP contribution in [0.3, 0.4) is 0 Å². The van der Waals surface area contributed by atoms with Gasteiger partial charge in [0, 0.05) is 5.75 Å². The molecule has 0 saturated carbocycles. The molecule has 1 aromatic rings. The predicted octanol–water partition coefficient (Wildman–Crippen LogP) is 3.76. The molecule has 0 amide bonds. The normalized spacial score (nSPS) is 31.3. The maximum Gasteiger partial charge on any atom is 0.0775 e. The van der Waals surface area contributed by atoms with Crippen molar-refractivity contribution in [1.82, 2.24) is 0 Å². The summed E-state index contributed by atoms with van der Waals surface area (Å²) in [5.41, 5.74) is 3.57. The quantitative estimate of drug-likeness (QED) is 0.728. The minimum Gasteiger partial charge on any atom is -0.249 e. The summed E-state index contributed by atoms with van der Waals surface area (Å²) < 4.78 is 17.0. The van der Waals surface area contributed by atoms with E-state index in [-0.39, 0.29) is 5.25 Å². The SMILES string of the molecule is CC(C)c1ccc2c(c1)C1CCCS1(=O)=N2. The lowest BCUT2D eigenvalue weighted by Crippen LogP contribution is -2.02. The minimum absolute atomic E-state index is 0.223. The van der Waals surface area contributed by atoms with E-state index in [2.05, 4.69) is 36.4 Å². The van der Waals surface area contributed by atoms with E-state index in [1.54, 1.807) is 0 Å². The monoisotopic (exact) mass is 235 g/mol. The van der Waals surface area contributed by atoms with Crippen LogP contribution < -0.4 is 0 Å². The molecule has 3 rings (SSSR count). The molecule has 0 radical (unpaired) electrons. The summed E-state index contributed by atoms with van der Waals surface area (Å²) in [6.07, 6.45) is 2.12. The topological polar surface area (TPSA) is 29.4 Å². The second-order valence-electron chi connectivity index (χ2n) is 5.09. The first-order chi connectivity index (χ1) is 7.60. The molecule has 1 fully saturated rings. The molecule has 2 heterocycles. The van der Waals surface area contributed by atoms with E-state index in [4.69, 9.17) is 0 Å². The van der Waals surface area contributed by atoms with Gasteiger partial charge >= 0.3 is 0 Å². The molecule has 2 aliphatic rings. The maximum atomic E-state index is 12.5. The van der Waals surface area contributed by atoms with E-state index >= 15 is 0 Å². The summed E-state index contributed by atoms with van der Waals surface area (Å²) >= 11 is 0. The molecule has 2 nitrogen and oxygen atoms in total. The van der Waals surface area contributed by atoms with Gasteiger partial charge < -0.3 is 0 Å². The molecule has 1 aromatic carbocycles. The lowest BCUT2D eigenvalue weighted by molar-refractivity contribution is 0.675. The molecule has 3 heteroatoms. The summed E-state index contributed by atoms with van der Waals surface area (Å²) in [4.78, 5) is 0. The molecule has 0 N–H and O–H groups in total. The molecule has 2 aliphatic heterocycles. The summed E-state index contributed by atoms with van der Waals surface area (Å²) in [7, 11) is -1.94. The standard InChI is InChI=1S/C13H17NOS/c1-9(2)10-5-6-12-11(8-10)13-4-3-7-16(13,15)14-12/h5-6,8-9,13H,3-4,7H2,1-2H3. The van der Waals surface area contributed by atoms with Crippen LogP contribution >= 0.6 is 0 Å². The van der Waals surface area contributed by atoms with E-state index in [1.165, 1.54) is 11.1 Å². The van der Waals surface area contributed by atoms with Crippen LogP contribution in [0.2, 0.25) is 0 Å². The van der Waals surface area contributed by atoms with Gasteiger partial charge in [0.1, 0.15) is 0 Å². The van der Waals surface area contributed by atoms with Gasteiger partial charge in [-0.3, -0.25) is 0 Å². The lowest BCUT2D eigenvalue weighted by Gasteiger charge is -2.10. The highest BCUT2D eigenvalue weighted by molar-refractivity contribution is 7.94. The third-order valence-corrected chi connectivity index (χ3v) is 6.42. The van der Waals surface area contributed by atoms with Crippen molar-refractivity contribution >= 4 is 15.4 Å². The highest BCUT2D eigenvalue weighted by Gasteiger charge is 2.37. The Morgan fingerprint density at radius 2 is 2.25 bits per heavy atom. The first kappa shape index (κ1) is 10.3. The lowest BCUT2D eigenvalue weighted by atomic mass is 9.97. The Bertz CT molecular complexity index is 553. The largest absolute Gasteiger partial charge is 0.249 e. The second kappa shape index (κ2) is 3.33. The van der Waals surface area contributed by atoms with Crippen LogP contribution in [0.15, 0.2) is 22.6 Å². The Kier molecular flexibility index (Phi) is 2.15. The van der Waals surface area contributed by atoms with Crippen LogP contribution in [0.5, 0.6) is 0 Å². The van der Waals surface area contributed by atoms with Crippen molar-refractivity contribution < 1.29 is 4.21 Å². The van der Waals surface area contributed by atoms with Gasteiger partial charge in [-0.15, -0.1) is 0 Å². The summed E-state index contributed by atoms with van der Waals surface area (Å²) in [5.74, 6) is 1.33. The van der Waals surface area contributed by atoms with E-state index < -0.39 is 9.73 Å². The fourth-order valence-electron chi connectivity index (χ4n) is 2.70. The fraction of sp³-hybridized carbons (Fsp3) is 0.538. The summed E-state index contributed by atoms with van der Waals surface area (Å²) in [5, 5.41) is 0.223. The number of hydrogen-bond acceptors (Lipinski definition) is 2. The van der Waals surface area contributed by atoms with Crippen molar-refractivity contribution in [1.29, 1.82) is 0 Å². The summed E-state index contributed by atoms with van der Waals surface area (Å²) in [6.45, 7) is 4.39. The first-order valence-electron chi connectivity index (χ1n) is 5.98. The number of rotatable bonds is 1. The van der Waals surface area contributed by atoms with Crippen molar-refractivity contribution in [3.05, 3.63) is 29.3 Å². The van der Waals surface area contributed by atoms with Crippen molar-refractivity contribution in [3.8, 4) is 0 Å². The Hall–Kier alpha value is -0.830. The van der Waals surface area contributed by atoms with Crippen molar-refractivity contribution in [3.63, 3.8) is 0 Å². The highest BCUT2D eigenvalue weighted by atomic mass is 32.2. The van der Waals surface area contributed by atoms with Crippen molar-refractivity contribution in [2.75, 3.05) is 5.75 Å². The van der Waals surface area contributed by atoms with Gasteiger partial charge in [-0.25, -0.2) is 4.21 Å². The van der Waals surface area contributed by atoms with Crippen LogP contribution in [-0.2, 0) is 9.73 Å². The molecular formula is C13H17NOS. The molecule has 2 atom stereocenters. The third-order valence-electron chi connectivity index (χ3n) is 3.67. The second-order valence-corrected chi connectivity index (χ2v) is 7.63. The predicted molar refractivity (Wildman–Crippen MR) is 67.6 cm³/mol. The van der Waals surface area contributed by atoms with Gasteiger partial charge in [0.25, 0.3) is 0 Å². The van der Waals surface area contributed by atoms with Crippen LogP contribution in [0.1, 0.15) is 49.0 Å². The van der Waals surface area contributed by atoms with E-state index in [1.807, 2.05) is 0 Å². The van der Waals surface area contributed by atoms with E-state index in [0.717, 1.165) is 24.3 Å². The molecule has 0 aromatic heterocycles. The molecule has 0 spiro atoms. The van der Waals surface area contributed by atoms with Crippen molar-refractivity contribution in [2.24, 2.45) is 4.36 Å². The van der Waals surface area contributed by atoms with E-state index in [9.17, 15) is 4.21 Å².